The molecule has 0 atom stereocenters. The summed E-state index contributed by atoms with van der Waals surface area (Å²) in [6.07, 6.45) is 0. The van der Waals surface area contributed by atoms with Crippen molar-refractivity contribution in [1.82, 2.24) is 9.97 Å². The second kappa shape index (κ2) is 6.45. The van der Waals surface area contributed by atoms with E-state index in [2.05, 4.69) is 15.3 Å². The first-order valence-corrected chi connectivity index (χ1v) is 7.98. The Bertz CT molecular complexity index is 924. The van der Waals surface area contributed by atoms with Crippen molar-refractivity contribution in [3.63, 3.8) is 0 Å². The lowest BCUT2D eigenvalue weighted by molar-refractivity contribution is 0.102. The van der Waals surface area contributed by atoms with Crippen LogP contribution in [-0.4, -0.2) is 15.9 Å². The zero-order valence-electron chi connectivity index (χ0n) is 12.9. The Kier molecular flexibility index (Phi) is 4.35. The molecule has 122 valence electrons. The highest BCUT2D eigenvalue weighted by Gasteiger charge is 2.13. The van der Waals surface area contributed by atoms with Crippen LogP contribution in [0.1, 0.15) is 21.9 Å². The molecule has 3 rings (SSSR count). The van der Waals surface area contributed by atoms with E-state index in [0.29, 0.717) is 22.0 Å². The van der Waals surface area contributed by atoms with E-state index in [0.717, 1.165) is 17.8 Å². The molecular weight excluding hydrogens is 332 g/mol. The number of amides is 1. The van der Waals surface area contributed by atoms with Crippen molar-refractivity contribution in [3.05, 3.63) is 64.4 Å². The molecule has 1 N–H and O–H groups in total. The molecule has 1 aromatic carbocycles. The zero-order chi connectivity index (χ0) is 17.3. The molecule has 3 aromatic rings. The predicted octanol–water partition coefficient (Wildman–Crippen LogP) is 4.35. The first kappa shape index (κ1) is 16.2. The Hall–Kier alpha value is -2.67. The van der Waals surface area contributed by atoms with Crippen molar-refractivity contribution >= 4 is 22.4 Å². The minimum absolute atomic E-state index is 0.183. The maximum absolute atomic E-state index is 13.4. The highest BCUT2D eigenvalue weighted by molar-refractivity contribution is 7.13. The van der Waals surface area contributed by atoms with Gasteiger partial charge in [0.1, 0.15) is 5.69 Å². The number of anilines is 1. The second-order valence-corrected chi connectivity index (χ2v) is 6.12. The van der Waals surface area contributed by atoms with Crippen molar-refractivity contribution < 1.29 is 13.6 Å². The molecule has 0 aliphatic carbocycles. The van der Waals surface area contributed by atoms with Gasteiger partial charge in [-0.15, -0.1) is 11.3 Å². The van der Waals surface area contributed by atoms with E-state index >= 15 is 0 Å². The molecule has 0 radical (unpaired) electrons. The van der Waals surface area contributed by atoms with Gasteiger partial charge in [-0.3, -0.25) is 10.1 Å². The molecule has 0 saturated heterocycles. The topological polar surface area (TPSA) is 54.9 Å². The molecule has 0 aliphatic heterocycles. The summed E-state index contributed by atoms with van der Waals surface area (Å²) in [6.45, 7) is 3.56. The Morgan fingerprint density at radius 3 is 2.46 bits per heavy atom. The van der Waals surface area contributed by atoms with Crippen LogP contribution in [0.4, 0.5) is 13.9 Å². The van der Waals surface area contributed by atoms with Crippen molar-refractivity contribution in [1.29, 1.82) is 0 Å². The third kappa shape index (κ3) is 3.46. The Morgan fingerprint density at radius 2 is 1.79 bits per heavy atom. The largest absolute Gasteiger partial charge is 0.296 e. The highest BCUT2D eigenvalue weighted by atomic mass is 32.1. The number of benzene rings is 1. The van der Waals surface area contributed by atoms with Crippen molar-refractivity contribution in [2.75, 3.05) is 5.32 Å². The summed E-state index contributed by atoms with van der Waals surface area (Å²) < 4.78 is 26.5. The molecule has 0 spiro atoms. The second-order valence-electron chi connectivity index (χ2n) is 5.26. The van der Waals surface area contributed by atoms with Crippen molar-refractivity contribution in [2.45, 2.75) is 13.8 Å². The smallest absolute Gasteiger partial charge is 0.276 e. The lowest BCUT2D eigenvalue weighted by Gasteiger charge is -2.07. The Labute approximate surface area is 141 Å². The third-order valence-electron chi connectivity index (χ3n) is 3.28. The van der Waals surface area contributed by atoms with Gasteiger partial charge in [0.2, 0.25) is 0 Å². The fourth-order valence-electron chi connectivity index (χ4n) is 2.20. The van der Waals surface area contributed by atoms with Gasteiger partial charge >= 0.3 is 0 Å². The standard InChI is InChI=1S/C17H13F2N3OS/c1-9-5-12(11-3-4-13(18)14(19)6-11)7-15(20-9)16(23)22-17-21-10(2)8-24-17/h3-8H,1-2H3,(H,21,22,23). The predicted molar refractivity (Wildman–Crippen MR) is 89.1 cm³/mol. The molecule has 0 aliphatic rings. The monoisotopic (exact) mass is 345 g/mol. The number of rotatable bonds is 3. The fourth-order valence-corrected chi connectivity index (χ4v) is 2.88. The van der Waals surface area contributed by atoms with Crippen LogP contribution in [0.15, 0.2) is 35.7 Å². The molecule has 0 bridgehead atoms. The molecule has 0 saturated carbocycles. The molecule has 24 heavy (non-hydrogen) atoms. The van der Waals surface area contributed by atoms with Crippen molar-refractivity contribution in [2.24, 2.45) is 0 Å². The fraction of sp³-hybridized carbons (Fsp3) is 0.118. The van der Waals surface area contributed by atoms with Gasteiger partial charge in [-0.2, -0.15) is 0 Å². The summed E-state index contributed by atoms with van der Waals surface area (Å²) >= 11 is 1.32. The normalized spacial score (nSPS) is 10.7. The molecule has 0 fully saturated rings. The number of carbonyl (C=O) groups excluding carboxylic acids is 1. The van der Waals surface area contributed by atoms with E-state index in [-0.39, 0.29) is 5.69 Å². The highest BCUT2D eigenvalue weighted by Crippen LogP contribution is 2.23. The van der Waals surface area contributed by atoms with Gasteiger partial charge in [-0.25, -0.2) is 18.7 Å². The van der Waals surface area contributed by atoms with Crippen LogP contribution >= 0.6 is 11.3 Å². The average molecular weight is 345 g/mol. The van der Waals surface area contributed by atoms with E-state index in [9.17, 15) is 13.6 Å². The molecule has 0 unspecified atom stereocenters. The number of thiazole rings is 1. The Balaban J connectivity index is 1.93. The summed E-state index contributed by atoms with van der Waals surface area (Å²) in [7, 11) is 0. The van der Waals surface area contributed by atoms with Gasteiger partial charge in [-0.05, 0) is 49.2 Å². The lowest BCUT2D eigenvalue weighted by atomic mass is 10.0. The molecule has 7 heteroatoms. The molecule has 2 heterocycles. The van der Waals surface area contributed by atoms with Gasteiger partial charge < -0.3 is 0 Å². The molecule has 2 aromatic heterocycles. The summed E-state index contributed by atoms with van der Waals surface area (Å²) in [5.41, 5.74) is 2.65. The molecular formula is C17H13F2N3OS. The minimum atomic E-state index is -0.939. The molecule has 1 amide bonds. The van der Waals surface area contributed by atoms with Gasteiger partial charge in [0.25, 0.3) is 5.91 Å². The number of halogens is 2. The lowest BCUT2D eigenvalue weighted by Crippen LogP contribution is -2.14. The van der Waals surface area contributed by atoms with E-state index < -0.39 is 17.5 Å². The van der Waals surface area contributed by atoms with Crippen LogP contribution in [0.25, 0.3) is 11.1 Å². The van der Waals surface area contributed by atoms with Crippen molar-refractivity contribution in [3.8, 4) is 11.1 Å². The Morgan fingerprint density at radius 1 is 1.00 bits per heavy atom. The van der Waals surface area contributed by atoms with Crippen LogP contribution < -0.4 is 5.32 Å². The quantitative estimate of drug-likeness (QED) is 0.768. The number of aromatic nitrogens is 2. The zero-order valence-corrected chi connectivity index (χ0v) is 13.7. The van der Waals surface area contributed by atoms with E-state index in [1.165, 1.54) is 23.5 Å². The maximum Gasteiger partial charge on any atom is 0.276 e. The van der Waals surface area contributed by atoms with Crippen LogP contribution in [0.3, 0.4) is 0 Å². The number of hydrogen-bond donors (Lipinski definition) is 1. The van der Waals surface area contributed by atoms with Crippen LogP contribution in [0, 0.1) is 25.5 Å². The van der Waals surface area contributed by atoms with Gasteiger partial charge in [0, 0.05) is 11.1 Å². The number of pyridine rings is 1. The van der Waals surface area contributed by atoms with E-state index in [1.807, 2.05) is 12.3 Å². The van der Waals surface area contributed by atoms with Gasteiger partial charge in [0.05, 0.1) is 5.69 Å². The summed E-state index contributed by atoms with van der Waals surface area (Å²) in [6, 6.07) is 6.85. The van der Waals surface area contributed by atoms with Crippen LogP contribution in [0.5, 0.6) is 0 Å². The van der Waals surface area contributed by atoms with E-state index in [4.69, 9.17) is 0 Å². The average Bonchev–Trinajstić information content (AvgIpc) is 2.94. The SMILES string of the molecule is Cc1cc(-c2ccc(F)c(F)c2)cc(C(=O)Nc2nc(C)cs2)n1. The minimum Gasteiger partial charge on any atom is -0.296 e. The first-order valence-electron chi connectivity index (χ1n) is 7.10. The maximum atomic E-state index is 13.4. The number of aryl methyl sites for hydroxylation is 2. The first-order chi connectivity index (χ1) is 11.4. The van der Waals surface area contributed by atoms with Crippen LogP contribution in [-0.2, 0) is 0 Å². The number of carbonyl (C=O) groups is 1. The number of hydrogen-bond acceptors (Lipinski definition) is 4. The van der Waals surface area contributed by atoms with Gasteiger partial charge in [-0.1, -0.05) is 6.07 Å². The third-order valence-corrected chi connectivity index (χ3v) is 4.15. The summed E-state index contributed by atoms with van der Waals surface area (Å²) in [4.78, 5) is 20.7. The van der Waals surface area contributed by atoms with Gasteiger partial charge in [0.15, 0.2) is 16.8 Å². The van der Waals surface area contributed by atoms with E-state index in [1.54, 1.807) is 13.0 Å². The number of nitrogens with zero attached hydrogens (tertiary/aromatic N) is 2. The van der Waals surface area contributed by atoms with Crippen LogP contribution in [0.2, 0.25) is 0 Å². The number of nitrogens with one attached hydrogen (secondary N) is 1. The molecule has 4 nitrogen and oxygen atoms in total. The summed E-state index contributed by atoms with van der Waals surface area (Å²) in [5, 5.41) is 4.98. The summed E-state index contributed by atoms with van der Waals surface area (Å²) in [5.74, 6) is -2.26.